The number of pyridine rings is 1. The van der Waals surface area contributed by atoms with Crippen LogP contribution < -0.4 is 0 Å². The van der Waals surface area contributed by atoms with Crippen LogP contribution in [0.15, 0.2) is 36.5 Å². The summed E-state index contributed by atoms with van der Waals surface area (Å²) in [6.07, 6.45) is 1.45. The fourth-order valence-electron chi connectivity index (χ4n) is 1.49. The van der Waals surface area contributed by atoms with Gasteiger partial charge in [-0.1, -0.05) is 23.2 Å². The van der Waals surface area contributed by atoms with E-state index in [9.17, 15) is 9.18 Å². The SMILES string of the molecule is Cc1ccc(F)c(C(=O)c2ncccc2Cl)c1. The molecule has 2 rings (SSSR count). The van der Waals surface area contributed by atoms with Crippen LogP contribution in [-0.2, 0) is 0 Å². The first-order valence-corrected chi connectivity index (χ1v) is 5.39. The number of halogens is 2. The molecule has 1 aromatic heterocycles. The Bertz CT molecular complexity index is 583. The van der Waals surface area contributed by atoms with Gasteiger partial charge in [-0.05, 0) is 31.2 Å². The molecule has 2 aromatic rings. The number of benzene rings is 1. The molecule has 0 aliphatic carbocycles. The van der Waals surface area contributed by atoms with E-state index in [1.165, 1.54) is 18.3 Å². The molecular formula is C13H9ClFNO. The van der Waals surface area contributed by atoms with Gasteiger partial charge in [0.05, 0.1) is 10.6 Å². The van der Waals surface area contributed by atoms with Gasteiger partial charge in [-0.3, -0.25) is 9.78 Å². The molecule has 0 amide bonds. The number of hydrogen-bond acceptors (Lipinski definition) is 2. The number of aryl methyl sites for hydroxylation is 1. The number of carbonyl (C=O) groups is 1. The van der Waals surface area contributed by atoms with Crippen LogP contribution in [0.3, 0.4) is 0 Å². The molecule has 0 radical (unpaired) electrons. The second-order valence-corrected chi connectivity index (χ2v) is 4.05. The van der Waals surface area contributed by atoms with Gasteiger partial charge in [0.25, 0.3) is 0 Å². The van der Waals surface area contributed by atoms with Crippen molar-refractivity contribution in [2.45, 2.75) is 6.92 Å². The molecule has 0 saturated carbocycles. The fraction of sp³-hybridized carbons (Fsp3) is 0.0769. The standard InChI is InChI=1S/C13H9ClFNO/c1-8-4-5-11(15)9(7-8)13(17)12-10(14)3-2-6-16-12/h2-7H,1H3. The first kappa shape index (κ1) is 11.7. The van der Waals surface area contributed by atoms with Gasteiger partial charge in [0.1, 0.15) is 11.5 Å². The third-order valence-electron chi connectivity index (χ3n) is 2.34. The molecule has 4 heteroatoms. The number of ketones is 1. The van der Waals surface area contributed by atoms with Crippen molar-refractivity contribution in [3.05, 3.63) is 64.2 Å². The van der Waals surface area contributed by atoms with E-state index in [2.05, 4.69) is 4.98 Å². The Balaban J connectivity index is 2.51. The van der Waals surface area contributed by atoms with Gasteiger partial charge in [-0.2, -0.15) is 0 Å². The van der Waals surface area contributed by atoms with E-state index in [4.69, 9.17) is 11.6 Å². The van der Waals surface area contributed by atoms with Crippen LogP contribution in [0.2, 0.25) is 5.02 Å². The quantitative estimate of drug-likeness (QED) is 0.764. The van der Waals surface area contributed by atoms with Crippen LogP contribution >= 0.6 is 11.6 Å². The zero-order valence-corrected chi connectivity index (χ0v) is 9.83. The Morgan fingerprint density at radius 3 is 2.82 bits per heavy atom. The van der Waals surface area contributed by atoms with E-state index in [-0.39, 0.29) is 16.3 Å². The summed E-state index contributed by atoms with van der Waals surface area (Å²) in [7, 11) is 0. The summed E-state index contributed by atoms with van der Waals surface area (Å²) in [4.78, 5) is 15.9. The molecule has 0 unspecified atom stereocenters. The van der Waals surface area contributed by atoms with Crippen LogP contribution in [-0.4, -0.2) is 10.8 Å². The average molecular weight is 250 g/mol. The van der Waals surface area contributed by atoms with Gasteiger partial charge in [0.2, 0.25) is 5.78 Å². The van der Waals surface area contributed by atoms with Crippen LogP contribution in [0, 0.1) is 12.7 Å². The van der Waals surface area contributed by atoms with Gasteiger partial charge >= 0.3 is 0 Å². The van der Waals surface area contributed by atoms with Crippen LogP contribution in [0.1, 0.15) is 21.6 Å². The monoisotopic (exact) mass is 249 g/mol. The molecule has 0 aliphatic heterocycles. The molecule has 86 valence electrons. The zero-order valence-electron chi connectivity index (χ0n) is 9.08. The van der Waals surface area contributed by atoms with Crippen molar-refractivity contribution in [1.82, 2.24) is 4.98 Å². The maximum Gasteiger partial charge on any atom is 0.215 e. The molecule has 0 saturated heterocycles. The molecule has 0 N–H and O–H groups in total. The lowest BCUT2D eigenvalue weighted by Gasteiger charge is -2.04. The lowest BCUT2D eigenvalue weighted by Crippen LogP contribution is -2.07. The first-order valence-electron chi connectivity index (χ1n) is 5.01. The Labute approximate surface area is 103 Å². The van der Waals surface area contributed by atoms with E-state index in [1.54, 1.807) is 25.1 Å². The Hall–Kier alpha value is -1.74. The molecule has 0 bridgehead atoms. The number of nitrogens with zero attached hydrogens (tertiary/aromatic N) is 1. The highest BCUT2D eigenvalue weighted by Gasteiger charge is 2.17. The van der Waals surface area contributed by atoms with Crippen molar-refractivity contribution in [1.29, 1.82) is 0 Å². The van der Waals surface area contributed by atoms with Crippen LogP contribution in [0.5, 0.6) is 0 Å². The molecule has 0 atom stereocenters. The van der Waals surface area contributed by atoms with Gasteiger partial charge in [0.15, 0.2) is 0 Å². The van der Waals surface area contributed by atoms with Crippen molar-refractivity contribution in [2.24, 2.45) is 0 Å². The molecule has 2 nitrogen and oxygen atoms in total. The van der Waals surface area contributed by atoms with Gasteiger partial charge in [-0.15, -0.1) is 0 Å². The van der Waals surface area contributed by atoms with Crippen molar-refractivity contribution in [3.8, 4) is 0 Å². The predicted molar refractivity (Wildman–Crippen MR) is 63.8 cm³/mol. The Morgan fingerprint density at radius 1 is 1.35 bits per heavy atom. The number of rotatable bonds is 2. The number of carbonyl (C=O) groups excluding carboxylic acids is 1. The summed E-state index contributed by atoms with van der Waals surface area (Å²) in [5.41, 5.74) is 0.867. The maximum absolute atomic E-state index is 13.5. The summed E-state index contributed by atoms with van der Waals surface area (Å²) in [5.74, 6) is -1.07. The minimum Gasteiger partial charge on any atom is -0.287 e. The Morgan fingerprint density at radius 2 is 2.12 bits per heavy atom. The fourth-order valence-corrected chi connectivity index (χ4v) is 1.70. The third-order valence-corrected chi connectivity index (χ3v) is 2.65. The maximum atomic E-state index is 13.5. The van der Waals surface area contributed by atoms with Crippen LogP contribution in [0.4, 0.5) is 4.39 Å². The molecule has 1 aromatic carbocycles. The van der Waals surface area contributed by atoms with Crippen molar-refractivity contribution in [3.63, 3.8) is 0 Å². The summed E-state index contributed by atoms with van der Waals surface area (Å²) in [6, 6.07) is 7.52. The summed E-state index contributed by atoms with van der Waals surface area (Å²) in [6.45, 7) is 1.79. The summed E-state index contributed by atoms with van der Waals surface area (Å²) in [5, 5.41) is 0.221. The lowest BCUT2D eigenvalue weighted by atomic mass is 10.0. The number of hydrogen-bond donors (Lipinski definition) is 0. The number of aromatic nitrogens is 1. The van der Waals surface area contributed by atoms with E-state index >= 15 is 0 Å². The van der Waals surface area contributed by atoms with Crippen molar-refractivity contribution >= 4 is 17.4 Å². The van der Waals surface area contributed by atoms with E-state index in [1.807, 2.05) is 0 Å². The molecule has 1 heterocycles. The predicted octanol–water partition coefficient (Wildman–Crippen LogP) is 3.41. The highest BCUT2D eigenvalue weighted by molar-refractivity contribution is 6.34. The highest BCUT2D eigenvalue weighted by Crippen LogP contribution is 2.19. The third kappa shape index (κ3) is 2.34. The zero-order chi connectivity index (χ0) is 12.4. The van der Waals surface area contributed by atoms with E-state index in [0.29, 0.717) is 0 Å². The van der Waals surface area contributed by atoms with Gasteiger partial charge in [-0.25, -0.2) is 4.39 Å². The van der Waals surface area contributed by atoms with Crippen LogP contribution in [0.25, 0.3) is 0 Å². The summed E-state index contributed by atoms with van der Waals surface area (Å²) < 4.78 is 13.5. The summed E-state index contributed by atoms with van der Waals surface area (Å²) >= 11 is 5.86. The largest absolute Gasteiger partial charge is 0.287 e. The Kier molecular flexibility index (Phi) is 3.20. The lowest BCUT2D eigenvalue weighted by molar-refractivity contribution is 0.103. The normalized spacial score (nSPS) is 10.3. The molecular weight excluding hydrogens is 241 g/mol. The molecule has 0 aliphatic rings. The topological polar surface area (TPSA) is 30.0 Å². The van der Waals surface area contributed by atoms with Gasteiger partial charge in [0, 0.05) is 6.20 Å². The average Bonchev–Trinajstić information content (AvgIpc) is 2.32. The minimum absolute atomic E-state index is 0.00870. The smallest absolute Gasteiger partial charge is 0.215 e. The minimum atomic E-state index is -0.567. The molecule has 0 fully saturated rings. The van der Waals surface area contributed by atoms with Gasteiger partial charge < -0.3 is 0 Å². The second-order valence-electron chi connectivity index (χ2n) is 3.65. The van der Waals surface area contributed by atoms with E-state index in [0.717, 1.165) is 5.56 Å². The van der Waals surface area contributed by atoms with Crippen molar-refractivity contribution in [2.75, 3.05) is 0 Å². The first-order chi connectivity index (χ1) is 8.09. The highest BCUT2D eigenvalue weighted by atomic mass is 35.5. The van der Waals surface area contributed by atoms with E-state index < -0.39 is 11.6 Å². The van der Waals surface area contributed by atoms with Crippen molar-refractivity contribution < 1.29 is 9.18 Å². The molecule has 17 heavy (non-hydrogen) atoms. The molecule has 0 spiro atoms. The second kappa shape index (κ2) is 4.63.